The van der Waals surface area contributed by atoms with E-state index in [0.717, 1.165) is 30.8 Å². The summed E-state index contributed by atoms with van der Waals surface area (Å²) in [4.78, 5) is 13.4. The lowest BCUT2D eigenvalue weighted by Gasteiger charge is -2.27. The second-order valence-corrected chi connectivity index (χ2v) is 6.48. The Labute approximate surface area is 127 Å². The minimum Gasteiger partial charge on any atom is -0.382 e. The standard InChI is InChI=1S/C17H26N2O2/c1-12(11-17(3,4)21-5)18-15-6-7-16-14(10-15)8-9-19(16)13(2)20/h6-7,10,12,18H,8-9,11H2,1-5H3. The van der Waals surface area contributed by atoms with Crippen molar-refractivity contribution in [2.45, 2.75) is 52.2 Å². The van der Waals surface area contributed by atoms with Gasteiger partial charge in [-0.15, -0.1) is 0 Å². The van der Waals surface area contributed by atoms with Crippen LogP contribution in [0.2, 0.25) is 0 Å². The zero-order valence-electron chi connectivity index (χ0n) is 13.7. The number of nitrogens with one attached hydrogen (secondary N) is 1. The molecule has 4 heteroatoms. The molecule has 116 valence electrons. The Morgan fingerprint density at radius 3 is 2.81 bits per heavy atom. The van der Waals surface area contributed by atoms with Crippen LogP contribution in [0, 0.1) is 0 Å². The molecule has 4 nitrogen and oxygen atoms in total. The first-order valence-corrected chi connectivity index (χ1v) is 7.55. The van der Waals surface area contributed by atoms with Crippen LogP contribution in [0.4, 0.5) is 11.4 Å². The van der Waals surface area contributed by atoms with Gasteiger partial charge in [-0.05, 0) is 57.4 Å². The van der Waals surface area contributed by atoms with E-state index < -0.39 is 0 Å². The summed E-state index contributed by atoms with van der Waals surface area (Å²) in [5.74, 6) is 0.115. The topological polar surface area (TPSA) is 41.6 Å². The smallest absolute Gasteiger partial charge is 0.223 e. The maximum atomic E-state index is 11.6. The summed E-state index contributed by atoms with van der Waals surface area (Å²) >= 11 is 0. The Hall–Kier alpha value is -1.55. The van der Waals surface area contributed by atoms with Crippen LogP contribution < -0.4 is 10.2 Å². The van der Waals surface area contributed by atoms with Crippen LogP contribution in [0.1, 0.15) is 39.7 Å². The largest absolute Gasteiger partial charge is 0.382 e. The van der Waals surface area contributed by atoms with Gasteiger partial charge in [0.1, 0.15) is 0 Å². The fraction of sp³-hybridized carbons (Fsp3) is 0.588. The van der Waals surface area contributed by atoms with Crippen molar-refractivity contribution in [1.82, 2.24) is 0 Å². The van der Waals surface area contributed by atoms with Crippen LogP contribution in [0.3, 0.4) is 0 Å². The third-order valence-corrected chi connectivity index (χ3v) is 4.12. The number of hydrogen-bond donors (Lipinski definition) is 1. The van der Waals surface area contributed by atoms with Gasteiger partial charge < -0.3 is 15.0 Å². The number of nitrogens with zero attached hydrogens (tertiary/aromatic N) is 1. The van der Waals surface area contributed by atoms with Crippen LogP contribution >= 0.6 is 0 Å². The first kappa shape index (κ1) is 15.8. The average molecular weight is 290 g/mol. The number of carbonyl (C=O) groups is 1. The maximum absolute atomic E-state index is 11.6. The first-order valence-electron chi connectivity index (χ1n) is 7.55. The molecule has 0 saturated carbocycles. The van der Waals surface area contributed by atoms with E-state index in [1.165, 1.54) is 5.56 Å². The number of rotatable bonds is 5. The second-order valence-electron chi connectivity index (χ2n) is 6.48. The number of hydrogen-bond acceptors (Lipinski definition) is 3. The van der Waals surface area contributed by atoms with E-state index in [1.54, 1.807) is 14.0 Å². The van der Waals surface area contributed by atoms with E-state index in [4.69, 9.17) is 4.74 Å². The molecule has 0 bridgehead atoms. The van der Waals surface area contributed by atoms with Crippen LogP contribution in [0.15, 0.2) is 18.2 Å². The van der Waals surface area contributed by atoms with E-state index in [0.29, 0.717) is 6.04 Å². The summed E-state index contributed by atoms with van der Waals surface area (Å²) in [7, 11) is 1.75. The highest BCUT2D eigenvalue weighted by atomic mass is 16.5. The molecule has 1 aliphatic rings. The monoisotopic (exact) mass is 290 g/mol. The molecule has 1 aromatic carbocycles. The van der Waals surface area contributed by atoms with Crippen molar-refractivity contribution in [3.05, 3.63) is 23.8 Å². The third-order valence-electron chi connectivity index (χ3n) is 4.12. The molecule has 1 unspecified atom stereocenters. The number of ether oxygens (including phenoxy) is 1. The quantitative estimate of drug-likeness (QED) is 0.905. The van der Waals surface area contributed by atoms with Crippen molar-refractivity contribution in [3.63, 3.8) is 0 Å². The van der Waals surface area contributed by atoms with Crippen LogP contribution in [0.25, 0.3) is 0 Å². The molecule has 1 amide bonds. The number of anilines is 2. The summed E-state index contributed by atoms with van der Waals surface area (Å²) < 4.78 is 5.48. The lowest BCUT2D eigenvalue weighted by molar-refractivity contribution is -0.116. The summed E-state index contributed by atoms with van der Waals surface area (Å²) in [6.45, 7) is 8.77. The second kappa shape index (κ2) is 6.06. The highest BCUT2D eigenvalue weighted by Gasteiger charge is 2.23. The van der Waals surface area contributed by atoms with Crippen molar-refractivity contribution < 1.29 is 9.53 Å². The Morgan fingerprint density at radius 1 is 1.48 bits per heavy atom. The van der Waals surface area contributed by atoms with Gasteiger partial charge in [-0.1, -0.05) is 0 Å². The van der Waals surface area contributed by atoms with Crippen molar-refractivity contribution in [1.29, 1.82) is 0 Å². The fourth-order valence-electron chi connectivity index (χ4n) is 2.97. The van der Waals surface area contributed by atoms with E-state index in [2.05, 4.69) is 38.2 Å². The minimum absolute atomic E-state index is 0.115. The normalized spacial score (nSPS) is 15.8. The zero-order valence-corrected chi connectivity index (χ0v) is 13.7. The number of carbonyl (C=O) groups excluding carboxylic acids is 1. The van der Waals surface area contributed by atoms with Crippen molar-refractivity contribution in [3.8, 4) is 0 Å². The Morgan fingerprint density at radius 2 is 2.19 bits per heavy atom. The van der Waals surface area contributed by atoms with Crippen molar-refractivity contribution in [2.75, 3.05) is 23.9 Å². The van der Waals surface area contributed by atoms with Gasteiger partial charge >= 0.3 is 0 Å². The molecule has 0 spiro atoms. The summed E-state index contributed by atoms with van der Waals surface area (Å²) in [6, 6.07) is 6.58. The van der Waals surface area contributed by atoms with Crippen LogP contribution in [0.5, 0.6) is 0 Å². The molecule has 0 radical (unpaired) electrons. The van der Waals surface area contributed by atoms with Crippen molar-refractivity contribution in [2.24, 2.45) is 0 Å². The minimum atomic E-state index is -0.130. The number of benzene rings is 1. The van der Waals surface area contributed by atoms with Gasteiger partial charge in [0.2, 0.25) is 5.91 Å². The van der Waals surface area contributed by atoms with E-state index >= 15 is 0 Å². The predicted molar refractivity (Wildman–Crippen MR) is 87.0 cm³/mol. The number of amides is 1. The molecule has 1 N–H and O–H groups in total. The van der Waals surface area contributed by atoms with E-state index in [-0.39, 0.29) is 11.5 Å². The molecule has 0 fully saturated rings. The first-order chi connectivity index (χ1) is 9.82. The van der Waals surface area contributed by atoms with Crippen molar-refractivity contribution >= 4 is 17.3 Å². The highest BCUT2D eigenvalue weighted by Crippen LogP contribution is 2.31. The lowest BCUT2D eigenvalue weighted by Crippen LogP contribution is -2.31. The molecule has 1 atom stereocenters. The van der Waals surface area contributed by atoms with Crippen LogP contribution in [-0.2, 0) is 16.0 Å². The summed E-state index contributed by atoms with van der Waals surface area (Å²) in [5, 5.41) is 3.52. The maximum Gasteiger partial charge on any atom is 0.223 e. The van der Waals surface area contributed by atoms with Gasteiger partial charge in [-0.3, -0.25) is 4.79 Å². The number of methoxy groups -OCH3 is 1. The van der Waals surface area contributed by atoms with E-state index in [9.17, 15) is 4.79 Å². The molecule has 0 aromatic heterocycles. The van der Waals surface area contributed by atoms with Gasteiger partial charge in [0, 0.05) is 38.0 Å². The molecule has 0 aliphatic carbocycles. The molecular formula is C17H26N2O2. The van der Waals surface area contributed by atoms with Gasteiger partial charge in [0.15, 0.2) is 0 Å². The van der Waals surface area contributed by atoms with Gasteiger partial charge in [0.05, 0.1) is 5.60 Å². The molecule has 21 heavy (non-hydrogen) atoms. The zero-order chi connectivity index (χ0) is 15.6. The fourth-order valence-corrected chi connectivity index (χ4v) is 2.97. The summed E-state index contributed by atoms with van der Waals surface area (Å²) in [5.41, 5.74) is 3.28. The molecule has 1 aliphatic heterocycles. The molecule has 1 heterocycles. The Bertz CT molecular complexity index is 526. The summed E-state index contributed by atoms with van der Waals surface area (Å²) in [6.07, 6.45) is 1.86. The number of fused-ring (bicyclic) bond motifs is 1. The average Bonchev–Trinajstić information content (AvgIpc) is 2.81. The Kier molecular flexibility index (Phi) is 4.57. The molecule has 0 saturated heterocycles. The van der Waals surface area contributed by atoms with Gasteiger partial charge in [-0.25, -0.2) is 0 Å². The highest BCUT2D eigenvalue weighted by molar-refractivity contribution is 5.94. The van der Waals surface area contributed by atoms with E-state index in [1.807, 2.05) is 11.0 Å². The van der Waals surface area contributed by atoms with Gasteiger partial charge in [0.25, 0.3) is 0 Å². The molecule has 1 aromatic rings. The third kappa shape index (κ3) is 3.76. The molecule has 2 rings (SSSR count). The van der Waals surface area contributed by atoms with Crippen LogP contribution in [-0.4, -0.2) is 31.2 Å². The Balaban J connectivity index is 2.05. The molecular weight excluding hydrogens is 264 g/mol. The lowest BCUT2D eigenvalue weighted by atomic mass is 9.99. The predicted octanol–water partition coefficient (Wildman–Crippen LogP) is 3.21. The van der Waals surface area contributed by atoms with Gasteiger partial charge in [-0.2, -0.15) is 0 Å². The SMILES string of the molecule is COC(C)(C)CC(C)Nc1ccc2c(c1)CCN2C(C)=O.